The Bertz CT molecular complexity index is 790. The average molecular weight is 693 g/mol. The van der Waals surface area contributed by atoms with Crippen molar-refractivity contribution in [2.75, 3.05) is 13.1 Å². The Balaban J connectivity index is 1.96. The zero-order chi connectivity index (χ0) is 18.0. The zero-order valence-corrected chi connectivity index (χ0v) is 20.3. The molecule has 7 heteroatoms. The van der Waals surface area contributed by atoms with Crippen LogP contribution in [0.2, 0.25) is 5.02 Å². The molecule has 2 aromatic rings. The molecule has 0 unspecified atom stereocenters. The fourth-order valence-electron chi connectivity index (χ4n) is 2.97. The second-order valence-corrected chi connectivity index (χ2v) is 9.81. The molecule has 0 aromatic heterocycles. The van der Waals surface area contributed by atoms with Gasteiger partial charge in [-0.05, 0) is 111 Å². The first-order valence-corrected chi connectivity index (χ1v) is 11.4. The third-order valence-electron chi connectivity index (χ3n) is 4.28. The van der Waals surface area contributed by atoms with E-state index in [4.69, 9.17) is 16.3 Å². The third-order valence-corrected chi connectivity index (χ3v) is 8.20. The SMILES string of the molecule is O=C(OC1(c2ccc(Cl)cc2)CCNCC1)c1cc(I)cc(I)c1I. The molecule has 1 fully saturated rings. The summed E-state index contributed by atoms with van der Waals surface area (Å²) in [7, 11) is 0. The van der Waals surface area contributed by atoms with Crippen LogP contribution in [0, 0.1) is 10.7 Å². The summed E-state index contributed by atoms with van der Waals surface area (Å²) in [5.74, 6) is -0.266. The lowest BCUT2D eigenvalue weighted by Crippen LogP contribution is -2.43. The summed E-state index contributed by atoms with van der Waals surface area (Å²) in [6.07, 6.45) is 1.50. The smallest absolute Gasteiger partial charge is 0.340 e. The number of halogens is 4. The van der Waals surface area contributed by atoms with Gasteiger partial charge in [0, 0.05) is 28.6 Å². The largest absolute Gasteiger partial charge is 0.450 e. The van der Waals surface area contributed by atoms with Crippen LogP contribution in [0.4, 0.5) is 0 Å². The molecule has 0 saturated carbocycles. The molecule has 1 aliphatic rings. The second kappa shape index (κ2) is 8.57. The van der Waals surface area contributed by atoms with E-state index in [1.54, 1.807) is 0 Å². The number of rotatable bonds is 3. The number of carbonyl (C=O) groups is 1. The van der Waals surface area contributed by atoms with E-state index in [9.17, 15) is 4.79 Å². The first-order chi connectivity index (χ1) is 11.9. The number of ether oxygens (including phenoxy) is 1. The first kappa shape index (κ1) is 20.1. The van der Waals surface area contributed by atoms with Crippen LogP contribution in [-0.4, -0.2) is 19.1 Å². The molecule has 0 bridgehead atoms. The van der Waals surface area contributed by atoms with Crippen LogP contribution in [0.1, 0.15) is 28.8 Å². The molecule has 1 N–H and O–H groups in total. The van der Waals surface area contributed by atoms with Gasteiger partial charge in [0.15, 0.2) is 0 Å². The van der Waals surface area contributed by atoms with Crippen molar-refractivity contribution in [3.63, 3.8) is 0 Å². The maximum Gasteiger partial charge on any atom is 0.340 e. The van der Waals surface area contributed by atoms with Crippen LogP contribution in [-0.2, 0) is 10.3 Å². The van der Waals surface area contributed by atoms with Gasteiger partial charge in [0.1, 0.15) is 5.60 Å². The van der Waals surface area contributed by atoms with Gasteiger partial charge in [0.25, 0.3) is 0 Å². The molecular formula is C18H15ClI3NO2. The number of hydrogen-bond donors (Lipinski definition) is 1. The summed E-state index contributed by atoms with van der Waals surface area (Å²) in [5.41, 5.74) is 1.02. The van der Waals surface area contributed by atoms with E-state index < -0.39 is 5.60 Å². The molecule has 0 spiro atoms. The van der Waals surface area contributed by atoms with Gasteiger partial charge in [0.2, 0.25) is 0 Å². The highest BCUT2D eigenvalue weighted by atomic mass is 127. The lowest BCUT2D eigenvalue weighted by atomic mass is 9.84. The third kappa shape index (κ3) is 4.61. The van der Waals surface area contributed by atoms with Crippen LogP contribution in [0.15, 0.2) is 36.4 Å². The number of benzene rings is 2. The molecule has 0 amide bonds. The van der Waals surface area contributed by atoms with Crippen molar-refractivity contribution in [3.8, 4) is 0 Å². The highest BCUT2D eigenvalue weighted by Gasteiger charge is 2.38. The van der Waals surface area contributed by atoms with Crippen molar-refractivity contribution in [3.05, 3.63) is 63.3 Å². The summed E-state index contributed by atoms with van der Waals surface area (Å²) in [5, 5.41) is 4.02. The van der Waals surface area contributed by atoms with Crippen LogP contribution >= 0.6 is 79.4 Å². The minimum atomic E-state index is -0.608. The van der Waals surface area contributed by atoms with Gasteiger partial charge in [-0.3, -0.25) is 0 Å². The minimum Gasteiger partial charge on any atom is -0.450 e. The standard InChI is InChI=1S/C18H15ClI3NO2/c19-12-3-1-11(2-4-12)18(5-7-23-8-6-18)25-17(24)14-9-13(20)10-15(21)16(14)22/h1-4,9-10,23H,5-8H2. The molecule has 1 aliphatic heterocycles. The molecule has 0 aliphatic carbocycles. The fourth-order valence-corrected chi connectivity index (χ4v) is 5.47. The molecule has 1 saturated heterocycles. The van der Waals surface area contributed by atoms with Crippen molar-refractivity contribution in [1.29, 1.82) is 0 Å². The highest BCUT2D eigenvalue weighted by molar-refractivity contribution is 14.1. The van der Waals surface area contributed by atoms with Gasteiger partial charge in [-0.15, -0.1) is 0 Å². The van der Waals surface area contributed by atoms with Gasteiger partial charge in [0.05, 0.1) is 5.56 Å². The molecular weight excluding hydrogens is 678 g/mol. The second-order valence-electron chi connectivity index (χ2n) is 5.89. The number of nitrogens with one attached hydrogen (secondary N) is 1. The van der Waals surface area contributed by atoms with Gasteiger partial charge < -0.3 is 10.1 Å². The predicted octanol–water partition coefficient (Wildman–Crippen LogP) is 5.59. The number of esters is 1. The predicted molar refractivity (Wildman–Crippen MR) is 125 cm³/mol. The van der Waals surface area contributed by atoms with E-state index in [0.717, 1.165) is 42.2 Å². The minimum absolute atomic E-state index is 0.266. The Labute approximate surface area is 193 Å². The average Bonchev–Trinajstić information content (AvgIpc) is 2.59. The van der Waals surface area contributed by atoms with Crippen LogP contribution in [0.3, 0.4) is 0 Å². The molecule has 2 aromatic carbocycles. The van der Waals surface area contributed by atoms with E-state index in [0.29, 0.717) is 10.6 Å². The van der Waals surface area contributed by atoms with E-state index >= 15 is 0 Å². The highest BCUT2D eigenvalue weighted by Crippen LogP contribution is 2.37. The molecule has 3 nitrogen and oxygen atoms in total. The summed E-state index contributed by atoms with van der Waals surface area (Å²) in [4.78, 5) is 13.0. The molecule has 3 rings (SSSR count). The normalized spacial score (nSPS) is 16.5. The summed E-state index contributed by atoms with van der Waals surface area (Å²) >= 11 is 12.7. The molecule has 0 radical (unpaired) electrons. The Morgan fingerprint density at radius 1 is 1.08 bits per heavy atom. The summed E-state index contributed by atoms with van der Waals surface area (Å²) in [6, 6.07) is 11.6. The molecule has 25 heavy (non-hydrogen) atoms. The lowest BCUT2D eigenvalue weighted by Gasteiger charge is -2.37. The number of carbonyl (C=O) groups excluding carboxylic acids is 1. The van der Waals surface area contributed by atoms with Gasteiger partial charge in [-0.1, -0.05) is 23.7 Å². The number of hydrogen-bond acceptors (Lipinski definition) is 3. The maximum atomic E-state index is 13.0. The Kier molecular flexibility index (Phi) is 6.89. The van der Waals surface area contributed by atoms with E-state index in [1.165, 1.54) is 0 Å². The molecule has 1 heterocycles. The van der Waals surface area contributed by atoms with Crippen molar-refractivity contribution < 1.29 is 9.53 Å². The van der Waals surface area contributed by atoms with Gasteiger partial charge in [-0.25, -0.2) is 4.79 Å². The van der Waals surface area contributed by atoms with Crippen molar-refractivity contribution >= 4 is 85.3 Å². The van der Waals surface area contributed by atoms with Gasteiger partial charge in [-0.2, -0.15) is 0 Å². The molecule has 132 valence electrons. The van der Waals surface area contributed by atoms with Crippen molar-refractivity contribution in [1.82, 2.24) is 5.32 Å². The topological polar surface area (TPSA) is 38.3 Å². The van der Waals surface area contributed by atoms with Crippen LogP contribution in [0.25, 0.3) is 0 Å². The van der Waals surface area contributed by atoms with Crippen LogP contribution in [0.5, 0.6) is 0 Å². The van der Waals surface area contributed by atoms with E-state index in [2.05, 4.69) is 79.2 Å². The van der Waals surface area contributed by atoms with E-state index in [1.807, 2.05) is 30.3 Å². The number of piperidine rings is 1. The van der Waals surface area contributed by atoms with Crippen molar-refractivity contribution in [2.45, 2.75) is 18.4 Å². The van der Waals surface area contributed by atoms with Crippen molar-refractivity contribution in [2.24, 2.45) is 0 Å². The van der Waals surface area contributed by atoms with E-state index in [-0.39, 0.29) is 5.97 Å². The first-order valence-electron chi connectivity index (χ1n) is 7.76. The zero-order valence-electron chi connectivity index (χ0n) is 13.1. The summed E-state index contributed by atoms with van der Waals surface area (Å²) < 4.78 is 9.17. The molecule has 0 atom stereocenters. The Morgan fingerprint density at radius 3 is 2.36 bits per heavy atom. The van der Waals surface area contributed by atoms with Gasteiger partial charge >= 0.3 is 5.97 Å². The fraction of sp³-hybridized carbons (Fsp3) is 0.278. The Hall–Kier alpha value is 0.350. The maximum absolute atomic E-state index is 13.0. The monoisotopic (exact) mass is 693 g/mol. The lowest BCUT2D eigenvalue weighted by molar-refractivity contribution is -0.0379. The van der Waals surface area contributed by atoms with Crippen LogP contribution < -0.4 is 5.32 Å². The Morgan fingerprint density at radius 2 is 1.72 bits per heavy atom. The summed E-state index contributed by atoms with van der Waals surface area (Å²) in [6.45, 7) is 1.63. The quantitative estimate of drug-likeness (QED) is 0.259.